The van der Waals surface area contributed by atoms with Crippen LogP contribution in [0.15, 0.2) is 24.3 Å². The molecule has 0 bridgehead atoms. The Morgan fingerprint density at radius 3 is 2.62 bits per heavy atom. The van der Waals surface area contributed by atoms with E-state index in [4.69, 9.17) is 17.3 Å². The van der Waals surface area contributed by atoms with Crippen molar-refractivity contribution in [3.8, 4) is 0 Å². The summed E-state index contributed by atoms with van der Waals surface area (Å²) in [5, 5.41) is 7.49. The third kappa shape index (κ3) is 2.88. The molecule has 1 aliphatic rings. The van der Waals surface area contributed by atoms with Crippen LogP contribution < -0.4 is 5.73 Å². The number of benzene rings is 1. The Morgan fingerprint density at radius 1 is 1.43 bits per heavy atom. The van der Waals surface area contributed by atoms with E-state index in [1.807, 2.05) is 29.2 Å². The molecular formula is C15H17ClN4O. The molecule has 0 atom stereocenters. The van der Waals surface area contributed by atoms with E-state index >= 15 is 0 Å². The molecule has 1 aromatic heterocycles. The number of halogens is 1. The molecule has 0 aliphatic heterocycles. The number of anilines is 1. The van der Waals surface area contributed by atoms with Crippen molar-refractivity contribution in [3.05, 3.63) is 46.2 Å². The molecule has 1 saturated carbocycles. The summed E-state index contributed by atoms with van der Waals surface area (Å²) in [4.78, 5) is 14.5. The Balaban J connectivity index is 1.83. The molecular weight excluding hydrogens is 288 g/mol. The van der Waals surface area contributed by atoms with Gasteiger partial charge in [-0.25, -0.2) is 0 Å². The standard InChI is InChI=1S/C15H17ClN4O/c1-9-13(17)14(19-18-9)15(21)20(12-6-7-12)8-10-2-4-11(16)5-3-10/h2-5,12H,6-8,17H2,1H3,(H,18,19). The molecule has 0 unspecified atom stereocenters. The smallest absolute Gasteiger partial charge is 0.277 e. The quantitative estimate of drug-likeness (QED) is 0.912. The molecule has 6 heteroatoms. The summed E-state index contributed by atoms with van der Waals surface area (Å²) in [6, 6.07) is 7.82. The number of H-pyrrole nitrogens is 1. The van der Waals surface area contributed by atoms with Crippen molar-refractivity contribution in [2.45, 2.75) is 32.4 Å². The maximum absolute atomic E-state index is 12.7. The summed E-state index contributed by atoms with van der Waals surface area (Å²) in [6.45, 7) is 2.35. The number of carbonyl (C=O) groups is 1. The Morgan fingerprint density at radius 2 is 2.10 bits per heavy atom. The lowest BCUT2D eigenvalue weighted by molar-refractivity contribution is 0.0725. The monoisotopic (exact) mass is 304 g/mol. The van der Waals surface area contributed by atoms with Gasteiger partial charge in [-0.15, -0.1) is 0 Å². The van der Waals surface area contributed by atoms with E-state index < -0.39 is 0 Å². The summed E-state index contributed by atoms with van der Waals surface area (Å²) in [7, 11) is 0. The fourth-order valence-corrected chi connectivity index (χ4v) is 2.40. The highest BCUT2D eigenvalue weighted by molar-refractivity contribution is 6.30. The number of aryl methyl sites for hydroxylation is 1. The molecule has 21 heavy (non-hydrogen) atoms. The van der Waals surface area contributed by atoms with Crippen LogP contribution in [0.25, 0.3) is 0 Å². The number of nitrogens with zero attached hydrogens (tertiary/aromatic N) is 2. The average molecular weight is 305 g/mol. The number of carbonyl (C=O) groups excluding carboxylic acids is 1. The maximum atomic E-state index is 12.7. The van der Waals surface area contributed by atoms with Gasteiger partial charge in [0.1, 0.15) is 0 Å². The van der Waals surface area contributed by atoms with Crippen molar-refractivity contribution in [3.63, 3.8) is 0 Å². The van der Waals surface area contributed by atoms with Gasteiger partial charge in [0.15, 0.2) is 5.69 Å². The van der Waals surface area contributed by atoms with Crippen molar-refractivity contribution < 1.29 is 4.79 Å². The zero-order valence-electron chi connectivity index (χ0n) is 11.8. The first-order valence-electron chi connectivity index (χ1n) is 6.92. The number of aromatic amines is 1. The number of hydrogen-bond acceptors (Lipinski definition) is 3. The minimum Gasteiger partial charge on any atom is -0.395 e. The fourth-order valence-electron chi connectivity index (χ4n) is 2.28. The zero-order valence-corrected chi connectivity index (χ0v) is 12.5. The van der Waals surface area contributed by atoms with E-state index in [9.17, 15) is 4.79 Å². The number of nitrogen functional groups attached to an aromatic ring is 1. The van der Waals surface area contributed by atoms with Crippen molar-refractivity contribution in [2.24, 2.45) is 0 Å². The molecule has 2 aromatic rings. The normalized spacial score (nSPS) is 14.2. The van der Waals surface area contributed by atoms with E-state index in [2.05, 4.69) is 10.2 Å². The third-order valence-corrected chi connectivity index (χ3v) is 3.96. The predicted molar refractivity (Wildman–Crippen MR) is 82.1 cm³/mol. The maximum Gasteiger partial charge on any atom is 0.277 e. The van der Waals surface area contributed by atoms with Gasteiger partial charge in [0, 0.05) is 17.6 Å². The predicted octanol–water partition coefficient (Wildman–Crippen LogP) is 2.76. The van der Waals surface area contributed by atoms with Crippen molar-refractivity contribution in [1.82, 2.24) is 15.1 Å². The van der Waals surface area contributed by atoms with Crippen molar-refractivity contribution >= 4 is 23.2 Å². The molecule has 3 rings (SSSR count). The number of rotatable bonds is 4. The van der Waals surface area contributed by atoms with Crippen LogP contribution >= 0.6 is 11.6 Å². The Bertz CT molecular complexity index is 661. The SMILES string of the molecule is Cc1[nH]nc(C(=O)N(Cc2ccc(Cl)cc2)C2CC2)c1N. The minimum atomic E-state index is -0.116. The first-order chi connectivity index (χ1) is 10.1. The van der Waals surface area contributed by atoms with Crippen molar-refractivity contribution in [1.29, 1.82) is 0 Å². The van der Waals surface area contributed by atoms with E-state index in [-0.39, 0.29) is 11.9 Å². The molecule has 1 amide bonds. The summed E-state index contributed by atoms with van der Waals surface area (Å²) in [6.07, 6.45) is 2.06. The van der Waals surface area contributed by atoms with E-state index in [1.54, 1.807) is 6.92 Å². The first kappa shape index (κ1) is 13.9. The van der Waals surface area contributed by atoms with Gasteiger partial charge in [0.25, 0.3) is 5.91 Å². The Hall–Kier alpha value is -2.01. The van der Waals surface area contributed by atoms with Gasteiger partial charge in [0.05, 0.1) is 11.4 Å². The molecule has 1 heterocycles. The van der Waals surface area contributed by atoms with Gasteiger partial charge in [-0.1, -0.05) is 23.7 Å². The van der Waals surface area contributed by atoms with Crippen LogP contribution in [0.4, 0.5) is 5.69 Å². The van der Waals surface area contributed by atoms with Crippen LogP contribution in [0.5, 0.6) is 0 Å². The lowest BCUT2D eigenvalue weighted by Gasteiger charge is -2.22. The molecule has 1 aromatic carbocycles. The number of amides is 1. The van der Waals surface area contributed by atoms with Gasteiger partial charge in [-0.2, -0.15) is 5.10 Å². The number of hydrogen-bond donors (Lipinski definition) is 2. The van der Waals surface area contributed by atoms with E-state index in [0.29, 0.717) is 22.9 Å². The zero-order chi connectivity index (χ0) is 15.0. The average Bonchev–Trinajstić information content (AvgIpc) is 3.25. The summed E-state index contributed by atoms with van der Waals surface area (Å²) in [5.41, 5.74) is 8.43. The van der Waals surface area contributed by atoms with Gasteiger partial charge in [0.2, 0.25) is 0 Å². The molecule has 0 radical (unpaired) electrons. The van der Waals surface area contributed by atoms with E-state index in [1.165, 1.54) is 0 Å². The highest BCUT2D eigenvalue weighted by atomic mass is 35.5. The summed E-state index contributed by atoms with van der Waals surface area (Å²) < 4.78 is 0. The highest BCUT2D eigenvalue weighted by Gasteiger charge is 2.34. The van der Waals surface area contributed by atoms with Crippen molar-refractivity contribution in [2.75, 3.05) is 5.73 Å². The molecule has 1 fully saturated rings. The van der Waals surface area contributed by atoms with Gasteiger partial charge in [-0.3, -0.25) is 9.89 Å². The molecule has 5 nitrogen and oxygen atoms in total. The van der Waals surface area contributed by atoms with Gasteiger partial charge < -0.3 is 10.6 Å². The van der Waals surface area contributed by atoms with Crippen LogP contribution in [0.3, 0.4) is 0 Å². The lowest BCUT2D eigenvalue weighted by Crippen LogP contribution is -2.33. The van der Waals surface area contributed by atoms with Crippen LogP contribution in [0.2, 0.25) is 5.02 Å². The lowest BCUT2D eigenvalue weighted by atomic mass is 10.2. The highest BCUT2D eigenvalue weighted by Crippen LogP contribution is 2.30. The third-order valence-electron chi connectivity index (χ3n) is 3.71. The summed E-state index contributed by atoms with van der Waals surface area (Å²) >= 11 is 5.89. The summed E-state index contributed by atoms with van der Waals surface area (Å²) in [5.74, 6) is -0.116. The second kappa shape index (κ2) is 5.41. The molecule has 0 spiro atoms. The topological polar surface area (TPSA) is 75.0 Å². The number of nitrogens with one attached hydrogen (secondary N) is 1. The van der Waals surface area contributed by atoms with Crippen LogP contribution in [-0.2, 0) is 6.54 Å². The first-order valence-corrected chi connectivity index (χ1v) is 7.30. The Labute approximate surface area is 128 Å². The van der Waals surface area contributed by atoms with Gasteiger partial charge >= 0.3 is 0 Å². The largest absolute Gasteiger partial charge is 0.395 e. The second-order valence-corrected chi connectivity index (χ2v) is 5.84. The Kier molecular flexibility index (Phi) is 3.59. The van der Waals surface area contributed by atoms with Crippen LogP contribution in [0.1, 0.15) is 34.6 Å². The van der Waals surface area contributed by atoms with E-state index in [0.717, 1.165) is 24.1 Å². The van der Waals surface area contributed by atoms with Gasteiger partial charge in [-0.05, 0) is 37.5 Å². The van der Waals surface area contributed by atoms with Crippen LogP contribution in [-0.4, -0.2) is 27.0 Å². The molecule has 1 aliphatic carbocycles. The molecule has 110 valence electrons. The molecule has 0 saturated heterocycles. The van der Waals surface area contributed by atoms with Crippen LogP contribution in [0, 0.1) is 6.92 Å². The molecule has 3 N–H and O–H groups in total. The minimum absolute atomic E-state index is 0.116. The fraction of sp³-hybridized carbons (Fsp3) is 0.333. The number of aromatic nitrogens is 2. The second-order valence-electron chi connectivity index (χ2n) is 5.40. The number of nitrogens with two attached hydrogens (primary N) is 1.